The van der Waals surface area contributed by atoms with Crippen molar-refractivity contribution < 1.29 is 13.9 Å². The van der Waals surface area contributed by atoms with Crippen LogP contribution < -0.4 is 4.90 Å². The zero-order valence-electron chi connectivity index (χ0n) is 17.9. The Morgan fingerprint density at radius 1 is 1.10 bits per heavy atom. The molecule has 1 aliphatic rings. The van der Waals surface area contributed by atoms with Gasteiger partial charge in [-0.3, -0.25) is 0 Å². The van der Waals surface area contributed by atoms with Crippen LogP contribution in [0, 0.1) is 5.82 Å². The van der Waals surface area contributed by atoms with Crippen molar-refractivity contribution in [1.82, 2.24) is 15.1 Å². The Kier molecular flexibility index (Phi) is 6.30. The van der Waals surface area contributed by atoms with E-state index in [1.165, 1.54) is 12.1 Å². The number of rotatable bonds is 5. The van der Waals surface area contributed by atoms with E-state index in [2.05, 4.69) is 22.0 Å². The van der Waals surface area contributed by atoms with Crippen LogP contribution in [0.2, 0.25) is 0 Å². The second kappa shape index (κ2) is 9.29. The van der Waals surface area contributed by atoms with Gasteiger partial charge in [-0.2, -0.15) is 0 Å². The number of hydrogen-bond acceptors (Lipinski definition) is 5. The molecule has 1 atom stereocenters. The van der Waals surface area contributed by atoms with Crippen molar-refractivity contribution in [3.8, 4) is 11.3 Å². The number of ether oxygens (including phenoxy) is 1. The quantitative estimate of drug-likeness (QED) is 0.549. The van der Waals surface area contributed by atoms with E-state index in [0.717, 1.165) is 40.7 Å². The first-order valence-electron chi connectivity index (χ1n) is 10.8. The van der Waals surface area contributed by atoms with Gasteiger partial charge >= 0.3 is 6.09 Å². The summed E-state index contributed by atoms with van der Waals surface area (Å²) >= 11 is 0. The molecule has 1 saturated heterocycles. The summed E-state index contributed by atoms with van der Waals surface area (Å²) in [6.45, 7) is 6.43. The molecule has 162 valence electrons. The smallest absolute Gasteiger partial charge is 0.410 e. The van der Waals surface area contributed by atoms with Crippen LogP contribution in [-0.4, -0.2) is 53.5 Å². The summed E-state index contributed by atoms with van der Waals surface area (Å²) in [5, 5.41) is 11.0. The third kappa shape index (κ3) is 4.45. The van der Waals surface area contributed by atoms with Gasteiger partial charge in [-0.15, -0.1) is 10.2 Å². The fourth-order valence-corrected chi connectivity index (χ4v) is 3.95. The number of carbonyl (C=O) groups excluding carboxylic acids is 1. The van der Waals surface area contributed by atoms with E-state index in [0.29, 0.717) is 26.2 Å². The normalized spacial score (nSPS) is 16.5. The Morgan fingerprint density at radius 2 is 1.84 bits per heavy atom. The van der Waals surface area contributed by atoms with Gasteiger partial charge in [0.15, 0.2) is 5.82 Å². The highest BCUT2D eigenvalue weighted by molar-refractivity contribution is 6.00. The van der Waals surface area contributed by atoms with Crippen molar-refractivity contribution in [3.05, 3.63) is 54.3 Å². The first-order chi connectivity index (χ1) is 15.1. The van der Waals surface area contributed by atoms with E-state index < -0.39 is 0 Å². The number of aromatic nitrogens is 2. The number of unbranched alkanes of at least 4 members (excludes halogenated alkanes) is 1. The van der Waals surface area contributed by atoms with Crippen LogP contribution in [-0.2, 0) is 4.74 Å². The van der Waals surface area contributed by atoms with Crippen molar-refractivity contribution in [2.45, 2.75) is 32.7 Å². The molecule has 1 amide bonds. The summed E-state index contributed by atoms with van der Waals surface area (Å²) in [5.41, 5.74) is 1.55. The molecule has 6 nitrogen and oxygen atoms in total. The van der Waals surface area contributed by atoms with Crippen molar-refractivity contribution in [2.75, 3.05) is 31.1 Å². The zero-order chi connectivity index (χ0) is 21.8. The Morgan fingerprint density at radius 3 is 2.55 bits per heavy atom. The first-order valence-corrected chi connectivity index (χ1v) is 10.8. The summed E-state index contributed by atoms with van der Waals surface area (Å²) in [4.78, 5) is 16.4. The third-order valence-corrected chi connectivity index (χ3v) is 5.67. The predicted molar refractivity (Wildman–Crippen MR) is 120 cm³/mol. The fraction of sp³-hybridized carbons (Fsp3) is 0.375. The highest BCUT2D eigenvalue weighted by Crippen LogP contribution is 2.32. The van der Waals surface area contributed by atoms with Crippen molar-refractivity contribution in [3.63, 3.8) is 0 Å². The van der Waals surface area contributed by atoms with E-state index in [-0.39, 0.29) is 18.0 Å². The molecule has 0 N–H and O–H groups in total. The molecule has 0 radical (unpaired) electrons. The Balaban J connectivity index is 1.58. The molecule has 2 heterocycles. The van der Waals surface area contributed by atoms with Gasteiger partial charge in [0.1, 0.15) is 11.5 Å². The minimum Gasteiger partial charge on any atom is -0.449 e. The maximum atomic E-state index is 13.4. The Labute approximate surface area is 181 Å². The minimum atomic E-state index is -0.280. The number of fused-ring (bicyclic) bond motifs is 1. The lowest BCUT2D eigenvalue weighted by Gasteiger charge is -2.39. The molecule has 1 aromatic heterocycles. The predicted octanol–water partition coefficient (Wildman–Crippen LogP) is 4.88. The van der Waals surface area contributed by atoms with E-state index in [4.69, 9.17) is 4.74 Å². The number of nitrogens with zero attached hydrogens (tertiary/aromatic N) is 4. The number of halogens is 1. The van der Waals surface area contributed by atoms with Gasteiger partial charge in [0, 0.05) is 42.0 Å². The van der Waals surface area contributed by atoms with Gasteiger partial charge in [0.2, 0.25) is 0 Å². The summed E-state index contributed by atoms with van der Waals surface area (Å²) in [5.74, 6) is 0.519. The number of hydrogen-bond donors (Lipinski definition) is 0. The number of amides is 1. The van der Waals surface area contributed by atoms with Crippen LogP contribution in [0.5, 0.6) is 0 Å². The van der Waals surface area contributed by atoms with E-state index >= 15 is 0 Å². The number of carbonyl (C=O) groups is 1. The van der Waals surface area contributed by atoms with Gasteiger partial charge < -0.3 is 14.5 Å². The minimum absolute atomic E-state index is 0.000198. The maximum absolute atomic E-state index is 13.4. The molecule has 7 heteroatoms. The molecular formula is C24H27FN4O2. The molecule has 1 unspecified atom stereocenters. The van der Waals surface area contributed by atoms with E-state index in [1.54, 1.807) is 17.0 Å². The molecule has 0 spiro atoms. The average molecular weight is 423 g/mol. The number of benzene rings is 2. The molecular weight excluding hydrogens is 395 g/mol. The molecule has 1 fully saturated rings. The van der Waals surface area contributed by atoms with Gasteiger partial charge in [-0.1, -0.05) is 37.6 Å². The fourth-order valence-electron chi connectivity index (χ4n) is 3.95. The highest BCUT2D eigenvalue weighted by atomic mass is 19.1. The molecule has 0 bridgehead atoms. The molecule has 0 aliphatic carbocycles. The summed E-state index contributed by atoms with van der Waals surface area (Å²) < 4.78 is 18.7. The zero-order valence-corrected chi connectivity index (χ0v) is 17.9. The lowest BCUT2D eigenvalue weighted by Crippen LogP contribution is -2.54. The summed E-state index contributed by atoms with van der Waals surface area (Å²) in [6, 6.07) is 14.3. The van der Waals surface area contributed by atoms with Crippen LogP contribution in [0.1, 0.15) is 26.7 Å². The molecule has 2 aromatic carbocycles. The van der Waals surface area contributed by atoms with Crippen LogP contribution in [0.4, 0.5) is 15.0 Å². The summed E-state index contributed by atoms with van der Waals surface area (Å²) in [7, 11) is 0. The third-order valence-electron chi connectivity index (χ3n) is 5.67. The van der Waals surface area contributed by atoms with Crippen LogP contribution in [0.3, 0.4) is 0 Å². The second-order valence-electron chi connectivity index (χ2n) is 7.88. The second-order valence-corrected chi connectivity index (χ2v) is 7.88. The van der Waals surface area contributed by atoms with Crippen molar-refractivity contribution in [1.29, 1.82) is 0 Å². The van der Waals surface area contributed by atoms with Gasteiger partial charge in [0.05, 0.1) is 6.61 Å². The van der Waals surface area contributed by atoms with Crippen LogP contribution >= 0.6 is 0 Å². The average Bonchev–Trinajstić information content (AvgIpc) is 2.79. The SMILES string of the molecule is CCCCOC(=O)N1CCN(c2nnc(-c3ccc(F)cc3)c3ccccc23)CC1C. The largest absolute Gasteiger partial charge is 0.449 e. The van der Waals surface area contributed by atoms with E-state index in [9.17, 15) is 9.18 Å². The van der Waals surface area contributed by atoms with Crippen molar-refractivity contribution >= 4 is 22.7 Å². The van der Waals surface area contributed by atoms with Crippen LogP contribution in [0.25, 0.3) is 22.0 Å². The van der Waals surface area contributed by atoms with Gasteiger partial charge in [0.25, 0.3) is 0 Å². The topological polar surface area (TPSA) is 58.6 Å². The summed E-state index contributed by atoms with van der Waals surface area (Å²) in [6.07, 6.45) is 1.63. The first kappa shape index (κ1) is 21.0. The molecule has 0 saturated carbocycles. The van der Waals surface area contributed by atoms with Gasteiger partial charge in [-0.25, -0.2) is 9.18 Å². The Hall–Kier alpha value is -3.22. The number of piperazine rings is 1. The standard InChI is InChI=1S/C24H27FN4O2/c1-3-4-15-31-24(30)29-14-13-28(16-17(29)2)23-21-8-6-5-7-20(21)22(26-27-23)18-9-11-19(25)12-10-18/h5-12,17H,3-4,13-16H2,1-2H3. The molecule has 3 aromatic rings. The van der Waals surface area contributed by atoms with Crippen LogP contribution in [0.15, 0.2) is 48.5 Å². The Bertz CT molecular complexity index is 1060. The molecule has 31 heavy (non-hydrogen) atoms. The molecule has 4 rings (SSSR count). The maximum Gasteiger partial charge on any atom is 0.410 e. The number of anilines is 1. The molecule has 1 aliphatic heterocycles. The lowest BCUT2D eigenvalue weighted by molar-refractivity contribution is 0.0839. The monoisotopic (exact) mass is 422 g/mol. The lowest BCUT2D eigenvalue weighted by atomic mass is 10.0. The van der Waals surface area contributed by atoms with Crippen molar-refractivity contribution in [2.24, 2.45) is 0 Å². The van der Waals surface area contributed by atoms with Gasteiger partial charge in [-0.05, 0) is 37.6 Å². The van der Waals surface area contributed by atoms with E-state index in [1.807, 2.05) is 31.2 Å². The highest BCUT2D eigenvalue weighted by Gasteiger charge is 2.30.